The Morgan fingerprint density at radius 2 is 2.42 bits per heavy atom. The third kappa shape index (κ3) is 1.16. The summed E-state index contributed by atoms with van der Waals surface area (Å²) in [5.41, 5.74) is 3.82. The Labute approximate surface area is 72.8 Å². The first kappa shape index (κ1) is 7.24. The first-order valence-electron chi connectivity index (χ1n) is 4.15. The van der Waals surface area contributed by atoms with Crippen LogP contribution in [0.4, 0.5) is 5.69 Å². The molecule has 1 aliphatic heterocycles. The molecule has 1 nitrogen and oxygen atoms in total. The predicted molar refractivity (Wildman–Crippen MR) is 49.5 cm³/mol. The molecule has 1 aromatic carbocycles. The molecule has 0 amide bonds. The van der Waals surface area contributed by atoms with Gasteiger partial charge in [0.25, 0.3) is 0 Å². The Morgan fingerprint density at radius 3 is 3.25 bits per heavy atom. The second kappa shape index (κ2) is 2.91. The van der Waals surface area contributed by atoms with Gasteiger partial charge in [-0.15, -0.1) is 0 Å². The maximum atomic E-state index is 6.87. The molecular formula is C11H10N. The van der Waals surface area contributed by atoms with E-state index in [2.05, 4.69) is 29.4 Å². The summed E-state index contributed by atoms with van der Waals surface area (Å²) in [6.07, 6.45) is 8.62. The van der Waals surface area contributed by atoms with Crippen LogP contribution in [0.2, 0.25) is 0 Å². The van der Waals surface area contributed by atoms with Crippen molar-refractivity contribution in [3.8, 4) is 5.92 Å². The van der Waals surface area contributed by atoms with Crippen LogP contribution in [0, 0.1) is 12.3 Å². The molecule has 1 radical (unpaired) electrons. The monoisotopic (exact) mass is 156 g/mol. The number of rotatable bonds is 1. The summed E-state index contributed by atoms with van der Waals surface area (Å²) >= 11 is 0. The Morgan fingerprint density at radius 1 is 1.50 bits per heavy atom. The van der Waals surface area contributed by atoms with Gasteiger partial charge in [-0.2, -0.15) is 0 Å². The lowest BCUT2D eigenvalue weighted by molar-refractivity contribution is 1.10. The molecule has 1 heterocycles. The van der Waals surface area contributed by atoms with Crippen LogP contribution >= 0.6 is 0 Å². The number of nitrogens with one attached hydrogen (secondary N) is 1. The van der Waals surface area contributed by atoms with E-state index in [9.17, 15) is 0 Å². The van der Waals surface area contributed by atoms with E-state index < -0.39 is 0 Å². The van der Waals surface area contributed by atoms with Gasteiger partial charge in [0.15, 0.2) is 0 Å². The van der Waals surface area contributed by atoms with Gasteiger partial charge < -0.3 is 5.32 Å². The van der Waals surface area contributed by atoms with Gasteiger partial charge in [0.05, 0.1) is 0 Å². The Balaban J connectivity index is 2.34. The summed E-state index contributed by atoms with van der Waals surface area (Å²) in [6, 6.07) is 6.31. The van der Waals surface area contributed by atoms with Crippen molar-refractivity contribution < 1.29 is 0 Å². The van der Waals surface area contributed by atoms with Gasteiger partial charge in [-0.1, -0.05) is 18.1 Å². The van der Waals surface area contributed by atoms with Crippen LogP contribution in [-0.4, -0.2) is 6.54 Å². The number of anilines is 1. The van der Waals surface area contributed by atoms with Gasteiger partial charge in [-0.3, -0.25) is 0 Å². The Bertz CT molecular complexity index is 333. The quantitative estimate of drug-likeness (QED) is 0.611. The average molecular weight is 156 g/mol. The standard InChI is InChI=1S/C11H10N/c1-2-3-9-4-5-11-10(8-9)6-7-12-11/h4-5,8,12H,3,6-7H2. The molecule has 1 heteroatoms. The molecule has 0 bridgehead atoms. The van der Waals surface area contributed by atoms with E-state index in [-0.39, 0.29) is 0 Å². The topological polar surface area (TPSA) is 12.0 Å². The highest BCUT2D eigenvalue weighted by Crippen LogP contribution is 2.22. The van der Waals surface area contributed by atoms with E-state index in [4.69, 9.17) is 6.42 Å². The lowest BCUT2D eigenvalue weighted by Crippen LogP contribution is -1.90. The highest BCUT2D eigenvalue weighted by molar-refractivity contribution is 5.56. The summed E-state index contributed by atoms with van der Waals surface area (Å²) in [7, 11) is 0. The van der Waals surface area contributed by atoms with Crippen molar-refractivity contribution >= 4 is 5.69 Å². The van der Waals surface area contributed by atoms with Crippen LogP contribution < -0.4 is 5.32 Å². The van der Waals surface area contributed by atoms with Crippen LogP contribution in [0.1, 0.15) is 11.1 Å². The molecule has 0 unspecified atom stereocenters. The molecule has 59 valence electrons. The summed E-state index contributed by atoms with van der Waals surface area (Å²) in [6.45, 7) is 1.05. The second-order valence-corrected chi connectivity index (χ2v) is 3.02. The summed E-state index contributed by atoms with van der Waals surface area (Å²) < 4.78 is 0. The highest BCUT2D eigenvalue weighted by atomic mass is 14.9. The molecule has 0 saturated heterocycles. The fourth-order valence-corrected chi connectivity index (χ4v) is 1.57. The zero-order valence-electron chi connectivity index (χ0n) is 6.85. The zero-order chi connectivity index (χ0) is 8.39. The third-order valence-corrected chi connectivity index (χ3v) is 2.17. The van der Waals surface area contributed by atoms with Crippen LogP contribution in [0.3, 0.4) is 0 Å². The molecule has 1 N–H and O–H groups in total. The van der Waals surface area contributed by atoms with Gasteiger partial charge in [-0.25, -0.2) is 0 Å². The van der Waals surface area contributed by atoms with E-state index in [1.165, 1.54) is 16.8 Å². The normalized spacial score (nSPS) is 13.2. The Hall–Kier alpha value is -1.42. The predicted octanol–water partition coefficient (Wildman–Crippen LogP) is 1.79. The lowest BCUT2D eigenvalue weighted by atomic mass is 10.1. The van der Waals surface area contributed by atoms with E-state index in [1.807, 2.05) is 0 Å². The van der Waals surface area contributed by atoms with Crippen molar-refractivity contribution in [1.29, 1.82) is 0 Å². The molecule has 1 aromatic rings. The first-order valence-corrected chi connectivity index (χ1v) is 4.15. The van der Waals surface area contributed by atoms with Crippen molar-refractivity contribution in [3.63, 3.8) is 0 Å². The fourth-order valence-electron chi connectivity index (χ4n) is 1.57. The highest BCUT2D eigenvalue weighted by Gasteiger charge is 2.08. The van der Waals surface area contributed by atoms with Crippen molar-refractivity contribution in [1.82, 2.24) is 0 Å². The largest absolute Gasteiger partial charge is 0.384 e. The second-order valence-electron chi connectivity index (χ2n) is 3.02. The van der Waals surface area contributed by atoms with Crippen molar-refractivity contribution in [2.24, 2.45) is 0 Å². The van der Waals surface area contributed by atoms with Gasteiger partial charge >= 0.3 is 0 Å². The van der Waals surface area contributed by atoms with E-state index >= 15 is 0 Å². The average Bonchev–Trinajstić information content (AvgIpc) is 2.51. The number of fused-ring (bicyclic) bond motifs is 1. The molecule has 12 heavy (non-hydrogen) atoms. The van der Waals surface area contributed by atoms with Crippen molar-refractivity contribution in [3.05, 3.63) is 35.7 Å². The fraction of sp³-hybridized carbons (Fsp3) is 0.273. The molecular weight excluding hydrogens is 146 g/mol. The molecule has 0 saturated carbocycles. The van der Waals surface area contributed by atoms with Crippen molar-refractivity contribution in [2.45, 2.75) is 12.8 Å². The van der Waals surface area contributed by atoms with E-state index in [1.54, 1.807) is 0 Å². The van der Waals surface area contributed by atoms with E-state index in [0.717, 1.165) is 13.0 Å². The van der Waals surface area contributed by atoms with Crippen molar-refractivity contribution in [2.75, 3.05) is 11.9 Å². The van der Waals surface area contributed by atoms with Crippen LogP contribution in [0.25, 0.3) is 0 Å². The zero-order valence-corrected chi connectivity index (χ0v) is 6.85. The maximum Gasteiger partial charge on any atom is 0.0373 e. The molecule has 0 aromatic heterocycles. The van der Waals surface area contributed by atoms with Crippen LogP contribution in [-0.2, 0) is 12.8 Å². The smallest absolute Gasteiger partial charge is 0.0373 e. The third-order valence-electron chi connectivity index (χ3n) is 2.17. The molecule has 0 aliphatic carbocycles. The number of hydrogen-bond donors (Lipinski definition) is 1. The van der Waals surface area contributed by atoms with Gasteiger partial charge in [0.2, 0.25) is 0 Å². The minimum absolute atomic E-state index is 0.632. The minimum Gasteiger partial charge on any atom is -0.384 e. The number of hydrogen-bond acceptors (Lipinski definition) is 1. The summed E-state index contributed by atoms with van der Waals surface area (Å²) in [5.74, 6) is 2.40. The molecule has 1 aliphatic rings. The number of benzene rings is 1. The van der Waals surface area contributed by atoms with Crippen LogP contribution in [0.15, 0.2) is 18.2 Å². The molecule has 0 spiro atoms. The molecule has 0 atom stereocenters. The minimum atomic E-state index is 0.632. The maximum absolute atomic E-state index is 6.87. The van der Waals surface area contributed by atoms with Gasteiger partial charge in [0, 0.05) is 18.7 Å². The first-order chi connectivity index (χ1) is 5.90. The summed E-state index contributed by atoms with van der Waals surface area (Å²) in [4.78, 5) is 0. The Kier molecular flexibility index (Phi) is 1.75. The SMILES string of the molecule is [C]#CCc1ccc2c(c1)CCN2. The van der Waals surface area contributed by atoms with Crippen LogP contribution in [0.5, 0.6) is 0 Å². The lowest BCUT2D eigenvalue weighted by Gasteiger charge is -2.00. The van der Waals surface area contributed by atoms with Gasteiger partial charge in [0.1, 0.15) is 0 Å². The van der Waals surface area contributed by atoms with E-state index in [0.29, 0.717) is 6.42 Å². The molecule has 2 rings (SSSR count). The van der Waals surface area contributed by atoms with Gasteiger partial charge in [-0.05, 0) is 30.0 Å². The molecule has 0 fully saturated rings. The summed E-state index contributed by atoms with van der Waals surface area (Å²) in [5, 5.41) is 3.30.